The Labute approximate surface area is 91.9 Å². The van der Waals surface area contributed by atoms with E-state index in [0.29, 0.717) is 5.76 Å². The maximum Gasteiger partial charge on any atom is 0.435 e. The molecule has 0 fully saturated rings. The van der Waals surface area contributed by atoms with E-state index in [9.17, 15) is 9.36 Å². The highest BCUT2D eigenvalue weighted by atomic mass is 31.2. The molecule has 90 valence electrons. The molecule has 0 aromatic carbocycles. The Kier molecular flexibility index (Phi) is 4.05. The molecule has 1 heterocycles. The lowest BCUT2D eigenvalue weighted by Gasteiger charge is -2.13. The Balaban J connectivity index is 2.57. The molecule has 0 aliphatic carbocycles. The van der Waals surface area contributed by atoms with Crippen molar-refractivity contribution in [2.45, 2.75) is 6.92 Å². The topological polar surface area (TPSA) is 103 Å². The second kappa shape index (κ2) is 5.11. The van der Waals surface area contributed by atoms with Crippen LogP contribution in [-0.4, -0.2) is 25.4 Å². The summed E-state index contributed by atoms with van der Waals surface area (Å²) in [6.07, 6.45) is 0. The van der Waals surface area contributed by atoms with Crippen LogP contribution in [0.25, 0.3) is 0 Å². The number of amides is 2. The quantitative estimate of drug-likeness (QED) is 0.784. The Morgan fingerprint density at radius 2 is 2.12 bits per heavy atom. The predicted molar refractivity (Wildman–Crippen MR) is 55.0 cm³/mol. The second-order valence-electron chi connectivity index (χ2n) is 2.75. The fourth-order valence-electron chi connectivity index (χ4n) is 0.860. The monoisotopic (exact) mass is 249 g/mol. The van der Waals surface area contributed by atoms with E-state index in [4.69, 9.17) is 4.52 Å². The predicted octanol–water partition coefficient (Wildman–Crippen LogP) is 1.51. The van der Waals surface area contributed by atoms with Crippen LogP contribution in [0.4, 0.5) is 10.6 Å². The van der Waals surface area contributed by atoms with Gasteiger partial charge in [-0.1, -0.05) is 5.16 Å². The number of urea groups is 1. The van der Waals surface area contributed by atoms with Crippen LogP contribution in [0.5, 0.6) is 0 Å². The SMILES string of the molecule is COP(=O)(NC(=O)Nc1cc(C)on1)OC. The third-order valence-corrected chi connectivity index (χ3v) is 3.03. The molecule has 0 atom stereocenters. The summed E-state index contributed by atoms with van der Waals surface area (Å²) >= 11 is 0. The second-order valence-corrected chi connectivity index (χ2v) is 4.70. The zero-order chi connectivity index (χ0) is 12.2. The molecule has 0 radical (unpaired) electrons. The van der Waals surface area contributed by atoms with Gasteiger partial charge in [-0.15, -0.1) is 0 Å². The molecular formula is C7H12N3O5P. The summed E-state index contributed by atoms with van der Waals surface area (Å²) in [7, 11) is -1.27. The molecule has 2 N–H and O–H groups in total. The van der Waals surface area contributed by atoms with Crippen LogP contribution in [0, 0.1) is 6.92 Å². The maximum atomic E-state index is 11.5. The molecule has 0 spiro atoms. The fraction of sp³-hybridized carbons (Fsp3) is 0.429. The Morgan fingerprint density at radius 1 is 1.50 bits per heavy atom. The van der Waals surface area contributed by atoms with Crippen molar-refractivity contribution in [2.24, 2.45) is 0 Å². The highest BCUT2D eigenvalue weighted by Gasteiger charge is 2.24. The molecule has 8 nitrogen and oxygen atoms in total. The van der Waals surface area contributed by atoms with Gasteiger partial charge in [0.2, 0.25) is 0 Å². The molecule has 0 saturated heterocycles. The molecule has 0 bridgehead atoms. The van der Waals surface area contributed by atoms with Gasteiger partial charge in [-0.3, -0.25) is 14.4 Å². The number of rotatable bonds is 4. The summed E-state index contributed by atoms with van der Waals surface area (Å²) in [5.74, 6) is 0.741. The van der Waals surface area contributed by atoms with Crippen molar-refractivity contribution in [3.8, 4) is 0 Å². The highest BCUT2D eigenvalue weighted by Crippen LogP contribution is 2.41. The number of hydrogen-bond acceptors (Lipinski definition) is 6. The minimum atomic E-state index is -3.59. The zero-order valence-corrected chi connectivity index (χ0v) is 9.91. The van der Waals surface area contributed by atoms with Crippen molar-refractivity contribution in [3.05, 3.63) is 11.8 Å². The smallest absolute Gasteiger partial charge is 0.360 e. The van der Waals surface area contributed by atoms with E-state index in [1.165, 1.54) is 6.07 Å². The number of nitrogens with zero attached hydrogens (tertiary/aromatic N) is 1. The third-order valence-electron chi connectivity index (χ3n) is 1.59. The molecule has 0 aliphatic heterocycles. The van der Waals surface area contributed by atoms with E-state index in [2.05, 4.69) is 19.5 Å². The van der Waals surface area contributed by atoms with Gasteiger partial charge in [0.05, 0.1) is 0 Å². The van der Waals surface area contributed by atoms with Crippen molar-refractivity contribution < 1.29 is 22.9 Å². The number of aryl methyl sites for hydroxylation is 1. The van der Waals surface area contributed by atoms with Crippen molar-refractivity contribution in [2.75, 3.05) is 19.5 Å². The summed E-state index contributed by atoms with van der Waals surface area (Å²) in [6.45, 7) is 1.67. The van der Waals surface area contributed by atoms with E-state index < -0.39 is 13.8 Å². The minimum absolute atomic E-state index is 0.203. The first-order valence-corrected chi connectivity index (χ1v) is 5.77. The van der Waals surface area contributed by atoms with Gasteiger partial charge in [0.25, 0.3) is 0 Å². The lowest BCUT2D eigenvalue weighted by molar-refractivity contribution is 0.242. The lowest BCUT2D eigenvalue weighted by atomic mass is 10.5. The first-order valence-electron chi connectivity index (χ1n) is 4.23. The van der Waals surface area contributed by atoms with Crippen LogP contribution in [0.15, 0.2) is 10.6 Å². The number of carbonyl (C=O) groups excluding carboxylic acids is 1. The third kappa shape index (κ3) is 3.34. The molecule has 16 heavy (non-hydrogen) atoms. The van der Waals surface area contributed by atoms with E-state index in [1.54, 1.807) is 6.92 Å². The van der Waals surface area contributed by atoms with Gasteiger partial charge in [-0.2, -0.15) is 0 Å². The average molecular weight is 249 g/mol. The van der Waals surface area contributed by atoms with Crippen LogP contribution < -0.4 is 10.4 Å². The van der Waals surface area contributed by atoms with Gasteiger partial charge in [0, 0.05) is 20.3 Å². The van der Waals surface area contributed by atoms with Gasteiger partial charge in [-0.05, 0) is 6.92 Å². The molecule has 9 heteroatoms. The summed E-state index contributed by atoms with van der Waals surface area (Å²) in [4.78, 5) is 11.3. The number of carbonyl (C=O) groups is 1. The fourth-order valence-corrected chi connectivity index (χ4v) is 1.50. The van der Waals surface area contributed by atoms with Crippen molar-refractivity contribution >= 4 is 19.6 Å². The number of hydrogen-bond donors (Lipinski definition) is 2. The van der Waals surface area contributed by atoms with Crippen LogP contribution in [0.2, 0.25) is 0 Å². The molecule has 0 saturated carbocycles. The summed E-state index contributed by atoms with van der Waals surface area (Å²) in [5.41, 5.74) is 0. The Hall–Kier alpha value is -1.37. The molecule has 1 aromatic heterocycles. The van der Waals surface area contributed by atoms with Crippen molar-refractivity contribution in [3.63, 3.8) is 0 Å². The van der Waals surface area contributed by atoms with E-state index >= 15 is 0 Å². The van der Waals surface area contributed by atoms with Gasteiger partial charge >= 0.3 is 13.8 Å². The van der Waals surface area contributed by atoms with Crippen LogP contribution in [0.1, 0.15) is 5.76 Å². The normalized spacial score (nSPS) is 11.2. The van der Waals surface area contributed by atoms with Crippen LogP contribution in [-0.2, 0) is 13.6 Å². The number of nitrogens with one attached hydrogen (secondary N) is 2. The lowest BCUT2D eigenvalue weighted by Crippen LogP contribution is -2.27. The molecule has 1 rings (SSSR count). The van der Waals surface area contributed by atoms with Gasteiger partial charge in [0.15, 0.2) is 5.82 Å². The van der Waals surface area contributed by atoms with Crippen molar-refractivity contribution in [1.82, 2.24) is 10.2 Å². The van der Waals surface area contributed by atoms with Gasteiger partial charge < -0.3 is 4.52 Å². The van der Waals surface area contributed by atoms with E-state index in [-0.39, 0.29) is 5.82 Å². The first kappa shape index (κ1) is 12.7. The Bertz CT molecular complexity index is 410. The number of aromatic nitrogens is 1. The zero-order valence-electron chi connectivity index (χ0n) is 9.01. The molecular weight excluding hydrogens is 237 g/mol. The summed E-state index contributed by atoms with van der Waals surface area (Å²) < 4.78 is 25.3. The first-order chi connectivity index (χ1) is 7.49. The summed E-state index contributed by atoms with van der Waals surface area (Å²) in [6, 6.07) is 0.741. The van der Waals surface area contributed by atoms with Crippen LogP contribution >= 0.6 is 7.75 Å². The number of anilines is 1. The molecule has 2 amide bonds. The van der Waals surface area contributed by atoms with E-state index in [0.717, 1.165) is 14.2 Å². The largest absolute Gasteiger partial charge is 0.435 e. The molecule has 0 unspecified atom stereocenters. The van der Waals surface area contributed by atoms with Gasteiger partial charge in [-0.25, -0.2) is 14.4 Å². The Morgan fingerprint density at radius 3 is 2.56 bits per heavy atom. The van der Waals surface area contributed by atoms with Gasteiger partial charge in [0.1, 0.15) is 5.76 Å². The average Bonchev–Trinajstić information content (AvgIpc) is 2.63. The highest BCUT2D eigenvalue weighted by molar-refractivity contribution is 7.52. The molecule has 0 aliphatic rings. The van der Waals surface area contributed by atoms with E-state index in [1.807, 2.05) is 5.09 Å². The minimum Gasteiger partial charge on any atom is -0.360 e. The van der Waals surface area contributed by atoms with Crippen molar-refractivity contribution in [1.29, 1.82) is 0 Å². The summed E-state index contributed by atoms with van der Waals surface area (Å²) in [5, 5.41) is 7.85. The standard InChI is InChI=1S/C7H12N3O5P/c1-5-4-6(9-15-5)8-7(11)10-16(12,13-2)14-3/h4H,1-3H3,(H2,8,9,10,11,12). The van der Waals surface area contributed by atoms with Crippen LogP contribution in [0.3, 0.4) is 0 Å². The maximum absolute atomic E-state index is 11.5. The molecule has 1 aromatic rings.